The fourth-order valence-corrected chi connectivity index (χ4v) is 3.05. The van der Waals surface area contributed by atoms with Gasteiger partial charge in [0.05, 0.1) is 0 Å². The molecule has 1 aliphatic rings. The Morgan fingerprint density at radius 3 is 2.12 bits per heavy atom. The topological polar surface area (TPSA) is 44.5 Å². The molecule has 126 valence electrons. The van der Waals surface area contributed by atoms with E-state index in [9.17, 15) is 0 Å². The predicted octanol–water partition coefficient (Wildman–Crippen LogP) is 5.40. The van der Waals surface area contributed by atoms with Gasteiger partial charge in [-0.1, -0.05) is 60.7 Å². The molecule has 4 heteroatoms. The Labute approximate surface area is 150 Å². The van der Waals surface area contributed by atoms with Gasteiger partial charge in [-0.05, 0) is 18.2 Å². The minimum atomic E-state index is 0.245. The SMILES string of the molecule is c1ccc(-c2nc(-c3ccc4c(c3)OCO4)oc2-c2ccccc2)cc1. The molecule has 0 fully saturated rings. The Bertz CT molecular complexity index is 998. The number of hydrogen-bond donors (Lipinski definition) is 0. The summed E-state index contributed by atoms with van der Waals surface area (Å²) in [6.45, 7) is 0.245. The van der Waals surface area contributed by atoms with Crippen molar-refractivity contribution in [2.45, 2.75) is 0 Å². The maximum atomic E-state index is 6.19. The van der Waals surface area contributed by atoms with E-state index < -0.39 is 0 Å². The largest absolute Gasteiger partial charge is 0.454 e. The van der Waals surface area contributed by atoms with Gasteiger partial charge < -0.3 is 13.9 Å². The van der Waals surface area contributed by atoms with Crippen LogP contribution in [0.4, 0.5) is 0 Å². The highest BCUT2D eigenvalue weighted by Crippen LogP contribution is 2.39. The van der Waals surface area contributed by atoms with Gasteiger partial charge >= 0.3 is 0 Å². The number of hydrogen-bond acceptors (Lipinski definition) is 4. The van der Waals surface area contributed by atoms with Crippen LogP contribution in [0.3, 0.4) is 0 Å². The minimum absolute atomic E-state index is 0.245. The normalized spacial score (nSPS) is 12.3. The van der Waals surface area contributed by atoms with Gasteiger partial charge in [-0.25, -0.2) is 4.98 Å². The Kier molecular flexibility index (Phi) is 3.46. The van der Waals surface area contributed by atoms with Gasteiger partial charge in [0.2, 0.25) is 12.7 Å². The highest BCUT2D eigenvalue weighted by Gasteiger charge is 2.20. The van der Waals surface area contributed by atoms with Crippen LogP contribution in [0.1, 0.15) is 0 Å². The van der Waals surface area contributed by atoms with Gasteiger partial charge in [0.15, 0.2) is 17.3 Å². The van der Waals surface area contributed by atoms with E-state index in [1.807, 2.05) is 78.9 Å². The number of fused-ring (bicyclic) bond motifs is 1. The third-order valence-electron chi connectivity index (χ3n) is 4.33. The Balaban J connectivity index is 1.67. The molecule has 26 heavy (non-hydrogen) atoms. The van der Waals surface area contributed by atoms with E-state index in [0.29, 0.717) is 11.6 Å². The molecule has 0 amide bonds. The van der Waals surface area contributed by atoms with Crippen molar-refractivity contribution in [3.8, 4) is 45.5 Å². The van der Waals surface area contributed by atoms with E-state index in [-0.39, 0.29) is 6.79 Å². The van der Waals surface area contributed by atoms with E-state index >= 15 is 0 Å². The first-order chi connectivity index (χ1) is 12.9. The van der Waals surface area contributed by atoms with E-state index in [1.54, 1.807) is 0 Å². The number of aromatic nitrogens is 1. The monoisotopic (exact) mass is 341 g/mol. The van der Waals surface area contributed by atoms with Crippen LogP contribution >= 0.6 is 0 Å². The summed E-state index contributed by atoms with van der Waals surface area (Å²) < 4.78 is 17.1. The fraction of sp³-hybridized carbons (Fsp3) is 0.0455. The molecule has 0 atom stereocenters. The molecule has 3 aromatic carbocycles. The Morgan fingerprint density at radius 2 is 1.35 bits per heavy atom. The third-order valence-corrected chi connectivity index (χ3v) is 4.33. The molecule has 1 aromatic heterocycles. The van der Waals surface area contributed by atoms with Gasteiger partial charge in [0, 0.05) is 16.7 Å². The molecule has 0 spiro atoms. The van der Waals surface area contributed by atoms with Crippen molar-refractivity contribution in [3.05, 3.63) is 78.9 Å². The van der Waals surface area contributed by atoms with E-state index in [4.69, 9.17) is 18.9 Å². The van der Waals surface area contributed by atoms with Gasteiger partial charge in [-0.3, -0.25) is 0 Å². The fourth-order valence-electron chi connectivity index (χ4n) is 3.05. The first-order valence-electron chi connectivity index (χ1n) is 8.40. The van der Waals surface area contributed by atoms with Crippen molar-refractivity contribution in [3.63, 3.8) is 0 Å². The Morgan fingerprint density at radius 1 is 0.654 bits per heavy atom. The number of nitrogens with zero attached hydrogens (tertiary/aromatic N) is 1. The van der Waals surface area contributed by atoms with E-state index in [1.165, 1.54) is 0 Å². The second-order valence-corrected chi connectivity index (χ2v) is 6.00. The van der Waals surface area contributed by atoms with Gasteiger partial charge in [0.1, 0.15) is 5.69 Å². The second kappa shape index (κ2) is 6.08. The lowest BCUT2D eigenvalue weighted by molar-refractivity contribution is 0.174. The highest BCUT2D eigenvalue weighted by molar-refractivity contribution is 5.79. The van der Waals surface area contributed by atoms with Crippen LogP contribution in [0.15, 0.2) is 83.3 Å². The van der Waals surface area contributed by atoms with Crippen LogP contribution in [0.2, 0.25) is 0 Å². The lowest BCUT2D eigenvalue weighted by atomic mass is 10.1. The summed E-state index contributed by atoms with van der Waals surface area (Å²) in [5, 5.41) is 0. The second-order valence-electron chi connectivity index (χ2n) is 6.00. The highest BCUT2D eigenvalue weighted by atomic mass is 16.7. The average Bonchev–Trinajstić information content (AvgIpc) is 3.36. The van der Waals surface area contributed by atoms with Gasteiger partial charge in [-0.2, -0.15) is 0 Å². The van der Waals surface area contributed by atoms with E-state index in [0.717, 1.165) is 33.9 Å². The summed E-state index contributed by atoms with van der Waals surface area (Å²) in [6.07, 6.45) is 0. The summed E-state index contributed by atoms with van der Waals surface area (Å²) >= 11 is 0. The molecule has 5 rings (SSSR count). The maximum Gasteiger partial charge on any atom is 0.231 e. The molecule has 4 aromatic rings. The quantitative estimate of drug-likeness (QED) is 0.500. The average molecular weight is 341 g/mol. The molecule has 0 N–H and O–H groups in total. The summed E-state index contributed by atoms with van der Waals surface area (Å²) in [6, 6.07) is 25.8. The molecule has 0 unspecified atom stereocenters. The molecule has 0 radical (unpaired) electrons. The molecule has 0 saturated carbocycles. The standard InChI is InChI=1S/C22H15NO3/c1-3-7-15(8-4-1)20-21(16-9-5-2-6-10-16)26-22(23-20)17-11-12-18-19(13-17)25-14-24-18/h1-13H,14H2. The number of benzene rings is 3. The summed E-state index contributed by atoms with van der Waals surface area (Å²) in [4.78, 5) is 4.79. The van der Waals surface area contributed by atoms with Gasteiger partial charge in [0.25, 0.3) is 0 Å². The van der Waals surface area contributed by atoms with Crippen LogP contribution < -0.4 is 9.47 Å². The zero-order valence-corrected chi connectivity index (χ0v) is 13.9. The predicted molar refractivity (Wildman–Crippen MR) is 98.9 cm³/mol. The minimum Gasteiger partial charge on any atom is -0.454 e. The molecule has 4 nitrogen and oxygen atoms in total. The summed E-state index contributed by atoms with van der Waals surface area (Å²) in [7, 11) is 0. The third kappa shape index (κ3) is 2.52. The van der Waals surface area contributed by atoms with Crippen molar-refractivity contribution >= 4 is 0 Å². The lowest BCUT2D eigenvalue weighted by Crippen LogP contribution is -1.92. The molecular weight excluding hydrogens is 326 g/mol. The summed E-state index contributed by atoms with van der Waals surface area (Å²) in [5.74, 6) is 2.76. The molecule has 0 bridgehead atoms. The molecule has 0 aliphatic carbocycles. The van der Waals surface area contributed by atoms with Crippen LogP contribution in [-0.2, 0) is 0 Å². The first kappa shape index (κ1) is 14.8. The van der Waals surface area contributed by atoms with E-state index in [2.05, 4.69) is 0 Å². The Hall–Kier alpha value is -3.53. The van der Waals surface area contributed by atoms with Crippen LogP contribution in [-0.4, -0.2) is 11.8 Å². The number of ether oxygens (including phenoxy) is 2. The number of oxazole rings is 1. The van der Waals surface area contributed by atoms with Crippen molar-refractivity contribution in [2.75, 3.05) is 6.79 Å². The smallest absolute Gasteiger partial charge is 0.231 e. The molecule has 1 aliphatic heterocycles. The van der Waals surface area contributed by atoms with Crippen molar-refractivity contribution in [1.29, 1.82) is 0 Å². The summed E-state index contributed by atoms with van der Waals surface area (Å²) in [5.41, 5.74) is 3.69. The molecule has 2 heterocycles. The van der Waals surface area contributed by atoms with Crippen LogP contribution in [0.5, 0.6) is 11.5 Å². The van der Waals surface area contributed by atoms with Crippen molar-refractivity contribution in [2.24, 2.45) is 0 Å². The zero-order valence-electron chi connectivity index (χ0n) is 13.9. The van der Waals surface area contributed by atoms with Crippen LogP contribution in [0.25, 0.3) is 34.0 Å². The lowest BCUT2D eigenvalue weighted by Gasteiger charge is -2.00. The molecular formula is C22H15NO3. The number of rotatable bonds is 3. The molecule has 0 saturated heterocycles. The van der Waals surface area contributed by atoms with Crippen molar-refractivity contribution < 1.29 is 13.9 Å². The maximum absolute atomic E-state index is 6.19. The first-order valence-corrected chi connectivity index (χ1v) is 8.40. The van der Waals surface area contributed by atoms with Crippen LogP contribution in [0, 0.1) is 0 Å². The van der Waals surface area contributed by atoms with Gasteiger partial charge in [-0.15, -0.1) is 0 Å². The zero-order chi connectivity index (χ0) is 17.3. The van der Waals surface area contributed by atoms with Crippen molar-refractivity contribution in [1.82, 2.24) is 4.98 Å².